The molecule has 0 bridgehead atoms. The van der Waals surface area contributed by atoms with Gasteiger partial charge < -0.3 is 50.5 Å². The van der Waals surface area contributed by atoms with Crippen LogP contribution >= 0.6 is 0 Å². The molecule has 4 atom stereocenters. The Bertz CT molecular complexity index is 710. The van der Waals surface area contributed by atoms with Gasteiger partial charge in [-0.05, 0) is 0 Å². The van der Waals surface area contributed by atoms with E-state index in [0.717, 1.165) is 0 Å². The highest BCUT2D eigenvalue weighted by Crippen LogP contribution is 2.04. The van der Waals surface area contributed by atoms with Crippen molar-refractivity contribution in [2.24, 2.45) is 5.90 Å². The van der Waals surface area contributed by atoms with E-state index in [9.17, 15) is 24.0 Å². The van der Waals surface area contributed by atoms with Crippen LogP contribution in [0.25, 0.3) is 0 Å². The molecule has 238 valence electrons. The first-order valence-corrected chi connectivity index (χ1v) is 12.5. The molecule has 0 spiro atoms. The first-order valence-electron chi connectivity index (χ1n) is 12.5. The van der Waals surface area contributed by atoms with Crippen LogP contribution in [-0.4, -0.2) is 200 Å². The van der Waals surface area contributed by atoms with Crippen molar-refractivity contribution in [1.82, 2.24) is 19.6 Å². The third kappa shape index (κ3) is 18.3. The molecule has 0 aromatic rings. The van der Waals surface area contributed by atoms with Gasteiger partial charge in [-0.25, -0.2) is 5.90 Å². The Kier molecular flexibility index (Phi) is 19.5. The summed E-state index contributed by atoms with van der Waals surface area (Å²) in [4.78, 5) is 64.9. The quantitative estimate of drug-likeness (QED) is 0.0663. The van der Waals surface area contributed by atoms with Gasteiger partial charge in [0.2, 0.25) is 0 Å². The van der Waals surface area contributed by atoms with Crippen molar-refractivity contribution in [3.05, 3.63) is 0 Å². The van der Waals surface area contributed by atoms with E-state index in [1.54, 1.807) is 19.6 Å². The summed E-state index contributed by atoms with van der Waals surface area (Å²) in [5.41, 5.74) is 0. The molecule has 1 heterocycles. The number of hydrogen-bond acceptors (Lipinski definition) is 15. The number of aldehydes is 1. The van der Waals surface area contributed by atoms with Crippen molar-refractivity contribution in [2.45, 2.75) is 24.4 Å². The maximum atomic E-state index is 11.1. The molecule has 41 heavy (non-hydrogen) atoms. The van der Waals surface area contributed by atoms with Crippen LogP contribution in [0.15, 0.2) is 0 Å². The van der Waals surface area contributed by atoms with E-state index < -0.39 is 54.9 Å². The first-order chi connectivity index (χ1) is 19.2. The number of aliphatic hydroxyl groups excluding tert-OH is 4. The van der Waals surface area contributed by atoms with E-state index >= 15 is 0 Å². The number of aliphatic carboxylic acids is 4. The van der Waals surface area contributed by atoms with Crippen LogP contribution < -0.4 is 5.90 Å². The fraction of sp³-hybridized carbons (Fsp3) is 0.773. The molecule has 1 aliphatic heterocycles. The molecule has 1 rings (SSSR count). The predicted octanol–water partition coefficient (Wildman–Crippen LogP) is -5.93. The van der Waals surface area contributed by atoms with Gasteiger partial charge in [0.25, 0.3) is 0 Å². The Balaban J connectivity index is 0.00000103. The van der Waals surface area contributed by atoms with Gasteiger partial charge in [0.15, 0.2) is 6.29 Å². The standard InChI is InChI=1S/C16H28N4O8.C6H13NO6/c21-13(22)9-17-1-2-18(10-14(23)24)5-6-20(12-16(27)28)8-7-19(4-3-17)11-15(25)26;7-13-2-4(10)6(12)5(11)3(9)1-8/h1-12H2,(H,21,22)(H,23,24)(H,25,26)(H,27,28);1,3-6,9-12H,2,7H2/t;3-,4+,5+,6+/m.0/s1. The summed E-state index contributed by atoms with van der Waals surface area (Å²) in [5.74, 6) is 0.515. The second kappa shape index (κ2) is 20.9. The number of nitrogens with two attached hydrogens (primary N) is 1. The molecular formula is C22H41N5O14. The van der Waals surface area contributed by atoms with Crippen LogP contribution in [0, 0.1) is 0 Å². The number of rotatable bonds is 14. The topological polar surface area (TPSA) is 295 Å². The van der Waals surface area contributed by atoms with Crippen molar-refractivity contribution in [3.63, 3.8) is 0 Å². The summed E-state index contributed by atoms with van der Waals surface area (Å²) in [6, 6.07) is 0. The SMILES string of the molecule is NOC[C@@H](O)[C@@H](O)[C@H](O)[C@@H](O)C=O.O=C(O)CN1CCN(CC(=O)O)CCN(CC(=O)O)CCN(CC(=O)O)CC1. The zero-order valence-electron chi connectivity index (χ0n) is 22.5. The fourth-order valence-corrected chi connectivity index (χ4v) is 3.68. The molecule has 10 N–H and O–H groups in total. The normalized spacial score (nSPS) is 19.7. The first kappa shape index (κ1) is 38.1. The van der Waals surface area contributed by atoms with Crippen LogP contribution in [0.4, 0.5) is 0 Å². The van der Waals surface area contributed by atoms with E-state index in [0.29, 0.717) is 52.4 Å². The third-order valence-corrected chi connectivity index (χ3v) is 5.87. The van der Waals surface area contributed by atoms with Crippen LogP contribution in [0.5, 0.6) is 0 Å². The molecule has 0 unspecified atom stereocenters. The lowest BCUT2D eigenvalue weighted by Crippen LogP contribution is -2.49. The maximum absolute atomic E-state index is 11.1. The smallest absolute Gasteiger partial charge is 0.317 e. The average molecular weight is 600 g/mol. The molecule has 0 aromatic carbocycles. The second-order valence-corrected chi connectivity index (χ2v) is 9.19. The minimum Gasteiger partial charge on any atom is -0.480 e. The minimum atomic E-state index is -1.76. The molecule has 0 radical (unpaired) electrons. The Morgan fingerprint density at radius 3 is 1.07 bits per heavy atom. The number of carbonyl (C=O) groups is 5. The molecule has 0 aliphatic carbocycles. The molecule has 0 aromatic heterocycles. The highest BCUT2D eigenvalue weighted by Gasteiger charge is 2.30. The highest BCUT2D eigenvalue weighted by molar-refractivity contribution is 5.70. The molecule has 19 heteroatoms. The van der Waals surface area contributed by atoms with E-state index in [-0.39, 0.29) is 32.5 Å². The molecular weight excluding hydrogens is 558 g/mol. The molecule has 1 aliphatic rings. The lowest BCUT2D eigenvalue weighted by Gasteiger charge is -2.32. The predicted molar refractivity (Wildman–Crippen MR) is 137 cm³/mol. The summed E-state index contributed by atoms with van der Waals surface area (Å²) in [6.45, 7) is 1.11. The number of carboxylic acid groups (broad SMARTS) is 4. The van der Waals surface area contributed by atoms with E-state index in [1.807, 2.05) is 0 Å². The van der Waals surface area contributed by atoms with E-state index in [2.05, 4.69) is 10.7 Å². The second-order valence-electron chi connectivity index (χ2n) is 9.19. The summed E-state index contributed by atoms with van der Waals surface area (Å²) in [5, 5.41) is 72.1. The largest absolute Gasteiger partial charge is 0.480 e. The number of carboxylic acids is 4. The van der Waals surface area contributed by atoms with Crippen LogP contribution in [0.1, 0.15) is 0 Å². The van der Waals surface area contributed by atoms with Crippen molar-refractivity contribution < 1.29 is 69.7 Å². The summed E-state index contributed by atoms with van der Waals surface area (Å²) in [6.07, 6.45) is -6.62. The van der Waals surface area contributed by atoms with Crippen LogP contribution in [0.2, 0.25) is 0 Å². The van der Waals surface area contributed by atoms with Crippen molar-refractivity contribution in [2.75, 3.05) is 85.1 Å². The van der Waals surface area contributed by atoms with E-state index in [4.69, 9.17) is 40.9 Å². The van der Waals surface area contributed by atoms with E-state index in [1.165, 1.54) is 0 Å². The zero-order chi connectivity index (χ0) is 31.5. The number of hydrogen-bond donors (Lipinski definition) is 9. The molecule has 0 saturated carbocycles. The van der Waals surface area contributed by atoms with Crippen molar-refractivity contribution >= 4 is 30.2 Å². The lowest BCUT2D eigenvalue weighted by atomic mass is 10.0. The van der Waals surface area contributed by atoms with Crippen LogP contribution in [0.3, 0.4) is 0 Å². The van der Waals surface area contributed by atoms with Gasteiger partial charge in [0, 0.05) is 52.4 Å². The number of nitrogens with zero attached hydrogens (tertiary/aromatic N) is 4. The van der Waals surface area contributed by atoms with Gasteiger partial charge in [-0.3, -0.25) is 38.8 Å². The summed E-state index contributed by atoms with van der Waals surface area (Å²) in [7, 11) is 0. The van der Waals surface area contributed by atoms with Gasteiger partial charge in [0.05, 0.1) is 32.8 Å². The molecule has 0 amide bonds. The van der Waals surface area contributed by atoms with Crippen molar-refractivity contribution in [1.29, 1.82) is 0 Å². The van der Waals surface area contributed by atoms with Crippen molar-refractivity contribution in [3.8, 4) is 0 Å². The average Bonchev–Trinajstić information content (AvgIpc) is 2.88. The van der Waals surface area contributed by atoms with Gasteiger partial charge in [0.1, 0.15) is 24.4 Å². The highest BCUT2D eigenvalue weighted by atomic mass is 16.6. The Labute approximate surface area is 235 Å². The summed E-state index contributed by atoms with van der Waals surface area (Å²) < 4.78 is 0. The molecule has 1 saturated heterocycles. The number of aliphatic hydroxyl groups is 4. The van der Waals surface area contributed by atoms with Gasteiger partial charge in [-0.1, -0.05) is 0 Å². The Morgan fingerprint density at radius 2 is 0.878 bits per heavy atom. The maximum Gasteiger partial charge on any atom is 0.317 e. The Morgan fingerprint density at radius 1 is 0.610 bits per heavy atom. The number of carbonyl (C=O) groups excluding carboxylic acids is 1. The van der Waals surface area contributed by atoms with Gasteiger partial charge in [-0.15, -0.1) is 0 Å². The Hall–Kier alpha value is -2.85. The summed E-state index contributed by atoms with van der Waals surface area (Å²) >= 11 is 0. The van der Waals surface area contributed by atoms with Gasteiger partial charge in [-0.2, -0.15) is 0 Å². The minimum absolute atomic E-state index is 0.0455. The van der Waals surface area contributed by atoms with Crippen LogP contribution in [-0.2, 0) is 28.8 Å². The lowest BCUT2D eigenvalue weighted by molar-refractivity contribution is -0.141. The zero-order valence-corrected chi connectivity index (χ0v) is 22.5. The third-order valence-electron chi connectivity index (χ3n) is 5.87. The monoisotopic (exact) mass is 599 g/mol. The van der Waals surface area contributed by atoms with Gasteiger partial charge >= 0.3 is 23.9 Å². The molecule has 19 nitrogen and oxygen atoms in total. The molecule has 1 fully saturated rings. The fourth-order valence-electron chi connectivity index (χ4n) is 3.68.